The monoisotopic (exact) mass is 279 g/mol. The number of hydrogen-bond acceptors (Lipinski definition) is 4. The minimum absolute atomic E-state index is 0.151. The fraction of sp³-hybridized carbons (Fsp3) is 0.231. The number of halogens is 1. The zero-order valence-electron chi connectivity index (χ0n) is 10.7. The highest BCUT2D eigenvalue weighted by atomic mass is 32.1. The van der Waals surface area contributed by atoms with Gasteiger partial charge in [0, 0.05) is 17.6 Å². The van der Waals surface area contributed by atoms with Gasteiger partial charge in [0.25, 0.3) is 5.91 Å². The molecule has 100 valence electrons. The molecular formula is C13H14FN3OS. The van der Waals surface area contributed by atoms with Crippen molar-refractivity contribution in [3.05, 3.63) is 45.7 Å². The van der Waals surface area contributed by atoms with Crippen LogP contribution in [0, 0.1) is 12.7 Å². The smallest absolute Gasteiger partial charge is 0.256 e. The summed E-state index contributed by atoms with van der Waals surface area (Å²) in [5.41, 5.74) is 8.79. The largest absolute Gasteiger partial charge is 0.398 e. The standard InChI is InChI=1S/C13H14FN3OS/c1-8-12(19-7-16-8)6-17(2)13(18)10-4-3-9(14)5-11(10)15/h3-5,7H,6,15H2,1-2H3. The predicted octanol–water partition coefficient (Wildman–Crippen LogP) is 2.45. The minimum Gasteiger partial charge on any atom is -0.398 e. The summed E-state index contributed by atoms with van der Waals surface area (Å²) in [7, 11) is 1.68. The van der Waals surface area contributed by atoms with E-state index in [4.69, 9.17) is 5.73 Å². The van der Waals surface area contributed by atoms with E-state index in [1.807, 2.05) is 6.92 Å². The maximum atomic E-state index is 13.0. The zero-order chi connectivity index (χ0) is 14.0. The highest BCUT2D eigenvalue weighted by Gasteiger charge is 2.16. The normalized spacial score (nSPS) is 10.5. The number of rotatable bonds is 3. The van der Waals surface area contributed by atoms with Crippen molar-refractivity contribution < 1.29 is 9.18 Å². The molecule has 0 bridgehead atoms. The number of thiazole rings is 1. The second-order valence-corrected chi connectivity index (χ2v) is 5.19. The summed E-state index contributed by atoms with van der Waals surface area (Å²) in [6.07, 6.45) is 0. The summed E-state index contributed by atoms with van der Waals surface area (Å²) in [4.78, 5) is 18.9. The highest BCUT2D eigenvalue weighted by Crippen LogP contribution is 2.19. The molecule has 2 N–H and O–H groups in total. The van der Waals surface area contributed by atoms with Crippen molar-refractivity contribution in [1.82, 2.24) is 9.88 Å². The van der Waals surface area contributed by atoms with Gasteiger partial charge in [-0.2, -0.15) is 0 Å². The van der Waals surface area contributed by atoms with Gasteiger partial charge in [0.1, 0.15) is 5.82 Å². The second kappa shape index (κ2) is 5.36. The molecule has 2 aromatic rings. The predicted molar refractivity (Wildman–Crippen MR) is 73.5 cm³/mol. The van der Waals surface area contributed by atoms with Crippen molar-refractivity contribution >= 4 is 22.9 Å². The van der Waals surface area contributed by atoms with Gasteiger partial charge in [-0.3, -0.25) is 4.79 Å². The van der Waals surface area contributed by atoms with Gasteiger partial charge in [-0.15, -0.1) is 11.3 Å². The average molecular weight is 279 g/mol. The van der Waals surface area contributed by atoms with Crippen molar-refractivity contribution in [2.24, 2.45) is 0 Å². The van der Waals surface area contributed by atoms with E-state index in [0.717, 1.165) is 16.6 Å². The molecule has 0 aliphatic rings. The summed E-state index contributed by atoms with van der Waals surface area (Å²) < 4.78 is 13.0. The van der Waals surface area contributed by atoms with Crippen LogP contribution in [0.3, 0.4) is 0 Å². The number of nitrogens with two attached hydrogens (primary N) is 1. The number of aryl methyl sites for hydroxylation is 1. The SMILES string of the molecule is Cc1ncsc1CN(C)C(=O)c1ccc(F)cc1N. The fourth-order valence-electron chi connectivity index (χ4n) is 1.70. The third-order valence-electron chi connectivity index (χ3n) is 2.82. The molecule has 0 aliphatic carbocycles. The summed E-state index contributed by atoms with van der Waals surface area (Å²) in [5, 5.41) is 0. The van der Waals surface area contributed by atoms with Gasteiger partial charge in [0.15, 0.2) is 0 Å². The van der Waals surface area contributed by atoms with Gasteiger partial charge in [0.2, 0.25) is 0 Å². The molecule has 4 nitrogen and oxygen atoms in total. The maximum Gasteiger partial charge on any atom is 0.256 e. The topological polar surface area (TPSA) is 59.2 Å². The molecule has 2 rings (SSSR count). The summed E-state index contributed by atoms with van der Waals surface area (Å²) in [6, 6.07) is 3.79. The Kier molecular flexibility index (Phi) is 3.80. The Labute approximate surface area is 114 Å². The molecule has 1 amide bonds. The molecule has 19 heavy (non-hydrogen) atoms. The van der Waals surface area contributed by atoms with E-state index in [0.29, 0.717) is 12.1 Å². The number of amides is 1. The third-order valence-corrected chi connectivity index (χ3v) is 3.74. The number of carbonyl (C=O) groups is 1. The first-order valence-electron chi connectivity index (χ1n) is 5.68. The van der Waals surface area contributed by atoms with Crippen LogP contribution in [0.15, 0.2) is 23.7 Å². The third kappa shape index (κ3) is 2.90. The quantitative estimate of drug-likeness (QED) is 0.878. The molecule has 1 aromatic heterocycles. The number of hydrogen-bond donors (Lipinski definition) is 1. The fourth-order valence-corrected chi connectivity index (χ4v) is 2.53. The molecule has 0 unspecified atom stereocenters. The van der Waals surface area contributed by atoms with E-state index in [-0.39, 0.29) is 11.6 Å². The number of anilines is 1. The lowest BCUT2D eigenvalue weighted by atomic mass is 10.1. The molecular weight excluding hydrogens is 265 g/mol. The van der Waals surface area contributed by atoms with Crippen molar-refractivity contribution in [1.29, 1.82) is 0 Å². The van der Waals surface area contributed by atoms with Crippen LogP contribution in [0.25, 0.3) is 0 Å². The first-order chi connectivity index (χ1) is 8.99. The Bertz CT molecular complexity index is 612. The van der Waals surface area contributed by atoms with E-state index in [1.54, 1.807) is 17.5 Å². The van der Waals surface area contributed by atoms with Crippen LogP contribution in [0.5, 0.6) is 0 Å². The van der Waals surface area contributed by atoms with E-state index < -0.39 is 5.82 Å². The van der Waals surface area contributed by atoms with Crippen molar-refractivity contribution in [3.8, 4) is 0 Å². The average Bonchev–Trinajstić information content (AvgIpc) is 2.74. The molecule has 0 fully saturated rings. The summed E-state index contributed by atoms with van der Waals surface area (Å²) in [5.74, 6) is -0.680. The van der Waals surface area contributed by atoms with Gasteiger partial charge >= 0.3 is 0 Å². The van der Waals surface area contributed by atoms with Crippen molar-refractivity contribution in [2.75, 3.05) is 12.8 Å². The van der Waals surface area contributed by atoms with Crippen LogP contribution in [0.4, 0.5) is 10.1 Å². The van der Waals surface area contributed by atoms with Gasteiger partial charge < -0.3 is 10.6 Å². The number of nitrogen functional groups attached to an aromatic ring is 1. The van der Waals surface area contributed by atoms with Crippen LogP contribution in [0.1, 0.15) is 20.9 Å². The van der Waals surface area contributed by atoms with E-state index >= 15 is 0 Å². The van der Waals surface area contributed by atoms with Gasteiger partial charge in [0.05, 0.1) is 23.3 Å². The molecule has 1 aromatic carbocycles. The first-order valence-corrected chi connectivity index (χ1v) is 6.56. The molecule has 0 saturated heterocycles. The van der Waals surface area contributed by atoms with Crippen LogP contribution >= 0.6 is 11.3 Å². The summed E-state index contributed by atoms with van der Waals surface area (Å²) >= 11 is 1.50. The van der Waals surface area contributed by atoms with E-state index in [9.17, 15) is 9.18 Å². The lowest BCUT2D eigenvalue weighted by molar-refractivity contribution is 0.0787. The molecule has 1 heterocycles. The maximum absolute atomic E-state index is 13.0. The molecule has 0 radical (unpaired) electrons. The van der Waals surface area contributed by atoms with E-state index in [2.05, 4.69) is 4.98 Å². The number of carbonyl (C=O) groups excluding carboxylic acids is 1. The zero-order valence-corrected chi connectivity index (χ0v) is 11.5. The Morgan fingerprint density at radius 2 is 2.26 bits per heavy atom. The molecule has 0 atom stereocenters. The van der Waals surface area contributed by atoms with Crippen LogP contribution in [-0.2, 0) is 6.54 Å². The van der Waals surface area contributed by atoms with E-state index in [1.165, 1.54) is 23.5 Å². The lowest BCUT2D eigenvalue weighted by Crippen LogP contribution is -2.27. The molecule has 0 spiro atoms. The van der Waals surface area contributed by atoms with Crippen molar-refractivity contribution in [3.63, 3.8) is 0 Å². The number of aromatic nitrogens is 1. The molecule has 0 saturated carbocycles. The Morgan fingerprint density at radius 3 is 2.84 bits per heavy atom. The highest BCUT2D eigenvalue weighted by molar-refractivity contribution is 7.09. The number of benzene rings is 1. The van der Waals surface area contributed by atoms with Gasteiger partial charge in [-0.25, -0.2) is 9.37 Å². The molecule has 6 heteroatoms. The van der Waals surface area contributed by atoms with Crippen LogP contribution in [0.2, 0.25) is 0 Å². The van der Waals surface area contributed by atoms with Crippen molar-refractivity contribution in [2.45, 2.75) is 13.5 Å². The Hall–Kier alpha value is -1.95. The van der Waals surface area contributed by atoms with Gasteiger partial charge in [-0.05, 0) is 25.1 Å². The Morgan fingerprint density at radius 1 is 1.53 bits per heavy atom. The molecule has 0 aliphatic heterocycles. The lowest BCUT2D eigenvalue weighted by Gasteiger charge is -2.17. The first kappa shape index (κ1) is 13.5. The summed E-state index contributed by atoms with van der Waals surface area (Å²) in [6.45, 7) is 2.36. The number of nitrogens with zero attached hydrogens (tertiary/aromatic N) is 2. The van der Waals surface area contributed by atoms with Gasteiger partial charge in [-0.1, -0.05) is 0 Å². The Balaban J connectivity index is 2.17. The minimum atomic E-state index is -0.449. The van der Waals surface area contributed by atoms with Crippen LogP contribution < -0.4 is 5.73 Å². The van der Waals surface area contributed by atoms with Crippen LogP contribution in [-0.4, -0.2) is 22.8 Å². The second-order valence-electron chi connectivity index (χ2n) is 4.25.